The maximum absolute atomic E-state index is 3.95. The van der Waals surface area contributed by atoms with Crippen LogP contribution >= 0.6 is 0 Å². The van der Waals surface area contributed by atoms with Crippen LogP contribution in [0.4, 0.5) is 0 Å². The fourth-order valence-electron chi connectivity index (χ4n) is 1.54. The van der Waals surface area contributed by atoms with E-state index in [1.165, 1.54) is 12.0 Å². The van der Waals surface area contributed by atoms with E-state index in [4.69, 9.17) is 0 Å². The lowest BCUT2D eigenvalue weighted by molar-refractivity contribution is 0.195. The Kier molecular flexibility index (Phi) is 1.42. The van der Waals surface area contributed by atoms with Crippen molar-refractivity contribution in [2.24, 2.45) is 11.3 Å². The zero-order valence-corrected chi connectivity index (χ0v) is 6.57. The van der Waals surface area contributed by atoms with Crippen LogP contribution in [0.15, 0.2) is 12.2 Å². The lowest BCUT2D eigenvalue weighted by atomic mass is 9.60. The standard InChI is InChI=1S/C9H15/c1-7(2)8-5-6-9(8,3)4/h6,8H,1,5H2,2-4H3. The summed E-state index contributed by atoms with van der Waals surface area (Å²) in [5.41, 5.74) is 1.77. The van der Waals surface area contributed by atoms with E-state index in [1.807, 2.05) is 0 Å². The van der Waals surface area contributed by atoms with Crippen LogP contribution in [-0.4, -0.2) is 0 Å². The highest BCUT2D eigenvalue weighted by Gasteiger charge is 2.38. The summed E-state index contributed by atoms with van der Waals surface area (Å²) in [5.74, 6) is 0.748. The molecule has 1 aliphatic rings. The van der Waals surface area contributed by atoms with E-state index in [-0.39, 0.29) is 0 Å². The summed E-state index contributed by atoms with van der Waals surface area (Å²) in [6.45, 7) is 10.6. The second-order valence-electron chi connectivity index (χ2n) is 3.66. The average molecular weight is 123 g/mol. The summed E-state index contributed by atoms with van der Waals surface area (Å²) in [7, 11) is 0. The lowest BCUT2D eigenvalue weighted by Crippen LogP contribution is -2.35. The Balaban J connectivity index is 2.55. The van der Waals surface area contributed by atoms with Crippen LogP contribution in [0, 0.1) is 17.8 Å². The molecule has 9 heavy (non-hydrogen) atoms. The lowest BCUT2D eigenvalue weighted by Gasteiger charge is -2.44. The molecular weight excluding hydrogens is 108 g/mol. The molecule has 1 atom stereocenters. The van der Waals surface area contributed by atoms with E-state index in [1.54, 1.807) is 0 Å². The first kappa shape index (κ1) is 6.85. The van der Waals surface area contributed by atoms with E-state index < -0.39 is 0 Å². The Morgan fingerprint density at radius 3 is 2.22 bits per heavy atom. The van der Waals surface area contributed by atoms with Gasteiger partial charge < -0.3 is 0 Å². The minimum Gasteiger partial charge on any atom is -0.0998 e. The van der Waals surface area contributed by atoms with Gasteiger partial charge in [-0.1, -0.05) is 26.0 Å². The monoisotopic (exact) mass is 123 g/mol. The highest BCUT2D eigenvalue weighted by Crippen LogP contribution is 2.48. The van der Waals surface area contributed by atoms with Gasteiger partial charge in [-0.05, 0) is 31.1 Å². The van der Waals surface area contributed by atoms with Gasteiger partial charge >= 0.3 is 0 Å². The second kappa shape index (κ2) is 1.86. The first-order valence-electron chi connectivity index (χ1n) is 3.54. The molecule has 0 nitrogen and oxygen atoms in total. The largest absolute Gasteiger partial charge is 0.0998 e. The first-order chi connectivity index (χ1) is 4.04. The van der Waals surface area contributed by atoms with Crippen molar-refractivity contribution in [1.29, 1.82) is 0 Å². The Morgan fingerprint density at radius 1 is 1.67 bits per heavy atom. The molecule has 1 saturated carbocycles. The molecule has 1 unspecified atom stereocenters. The van der Waals surface area contributed by atoms with Crippen molar-refractivity contribution in [3.63, 3.8) is 0 Å². The molecule has 1 fully saturated rings. The molecule has 1 aliphatic carbocycles. The quantitative estimate of drug-likeness (QED) is 0.470. The molecule has 0 aromatic rings. The van der Waals surface area contributed by atoms with Crippen molar-refractivity contribution in [2.45, 2.75) is 27.2 Å². The van der Waals surface area contributed by atoms with Crippen molar-refractivity contribution in [3.8, 4) is 0 Å². The van der Waals surface area contributed by atoms with Gasteiger partial charge in [0.2, 0.25) is 0 Å². The van der Waals surface area contributed by atoms with Gasteiger partial charge in [0.15, 0.2) is 0 Å². The third-order valence-electron chi connectivity index (χ3n) is 2.37. The van der Waals surface area contributed by atoms with E-state index in [2.05, 4.69) is 33.8 Å². The van der Waals surface area contributed by atoms with Crippen molar-refractivity contribution in [2.75, 3.05) is 0 Å². The Labute approximate surface area is 58.0 Å². The molecule has 0 saturated heterocycles. The Bertz CT molecular complexity index is 131. The van der Waals surface area contributed by atoms with Crippen LogP contribution in [0.2, 0.25) is 0 Å². The third kappa shape index (κ3) is 1.03. The number of rotatable bonds is 1. The summed E-state index contributed by atoms with van der Waals surface area (Å²) >= 11 is 0. The first-order valence-corrected chi connectivity index (χ1v) is 3.54. The highest BCUT2D eigenvalue weighted by atomic mass is 14.4. The van der Waals surface area contributed by atoms with Crippen molar-refractivity contribution >= 4 is 0 Å². The maximum atomic E-state index is 3.95. The number of allylic oxidation sites excluding steroid dienone is 1. The fraction of sp³-hybridized carbons (Fsp3) is 0.667. The molecule has 0 bridgehead atoms. The molecular formula is C9H15. The van der Waals surface area contributed by atoms with E-state index in [0.717, 1.165) is 5.92 Å². The highest BCUT2D eigenvalue weighted by molar-refractivity contribution is 5.15. The summed E-state index contributed by atoms with van der Waals surface area (Å²) in [4.78, 5) is 0. The molecule has 0 heterocycles. The zero-order valence-electron chi connectivity index (χ0n) is 6.57. The van der Waals surface area contributed by atoms with Crippen LogP contribution in [0.25, 0.3) is 0 Å². The van der Waals surface area contributed by atoms with Crippen LogP contribution in [0.3, 0.4) is 0 Å². The topological polar surface area (TPSA) is 0 Å². The van der Waals surface area contributed by atoms with Gasteiger partial charge in [0.05, 0.1) is 0 Å². The van der Waals surface area contributed by atoms with E-state index in [9.17, 15) is 0 Å². The SMILES string of the molecule is C=C(C)C1C[CH]C1(C)C. The summed E-state index contributed by atoms with van der Waals surface area (Å²) < 4.78 is 0. The molecule has 0 N–H and O–H groups in total. The van der Waals surface area contributed by atoms with Crippen molar-refractivity contribution in [1.82, 2.24) is 0 Å². The summed E-state index contributed by atoms with van der Waals surface area (Å²) in [6, 6.07) is 0. The van der Waals surface area contributed by atoms with Gasteiger partial charge in [0.1, 0.15) is 0 Å². The average Bonchev–Trinajstić information content (AvgIpc) is 1.62. The van der Waals surface area contributed by atoms with Gasteiger partial charge in [0, 0.05) is 0 Å². The van der Waals surface area contributed by atoms with Crippen LogP contribution < -0.4 is 0 Å². The summed E-state index contributed by atoms with van der Waals surface area (Å²) in [5, 5.41) is 0. The molecule has 0 aliphatic heterocycles. The van der Waals surface area contributed by atoms with Crippen LogP contribution in [0.5, 0.6) is 0 Å². The normalized spacial score (nSPS) is 31.2. The molecule has 1 radical (unpaired) electrons. The molecule has 0 amide bonds. The van der Waals surface area contributed by atoms with Crippen LogP contribution in [-0.2, 0) is 0 Å². The number of hydrogen-bond donors (Lipinski definition) is 0. The molecule has 0 spiro atoms. The number of hydrogen-bond acceptors (Lipinski definition) is 0. The Morgan fingerprint density at radius 2 is 2.22 bits per heavy atom. The van der Waals surface area contributed by atoms with Gasteiger partial charge in [0.25, 0.3) is 0 Å². The van der Waals surface area contributed by atoms with Crippen molar-refractivity contribution < 1.29 is 0 Å². The summed E-state index contributed by atoms with van der Waals surface area (Å²) in [6.07, 6.45) is 3.61. The van der Waals surface area contributed by atoms with Gasteiger partial charge in [-0.2, -0.15) is 0 Å². The van der Waals surface area contributed by atoms with Gasteiger partial charge in [-0.25, -0.2) is 0 Å². The van der Waals surface area contributed by atoms with E-state index in [0.29, 0.717) is 5.41 Å². The molecule has 0 aromatic carbocycles. The molecule has 0 heteroatoms. The van der Waals surface area contributed by atoms with Gasteiger partial charge in [-0.3, -0.25) is 0 Å². The second-order valence-corrected chi connectivity index (χ2v) is 3.66. The molecule has 0 aromatic heterocycles. The third-order valence-corrected chi connectivity index (χ3v) is 2.37. The van der Waals surface area contributed by atoms with Gasteiger partial charge in [-0.15, -0.1) is 0 Å². The predicted molar refractivity (Wildman–Crippen MR) is 41.0 cm³/mol. The van der Waals surface area contributed by atoms with E-state index >= 15 is 0 Å². The van der Waals surface area contributed by atoms with Crippen molar-refractivity contribution in [3.05, 3.63) is 18.6 Å². The fourth-order valence-corrected chi connectivity index (χ4v) is 1.54. The minimum absolute atomic E-state index is 0.436. The maximum Gasteiger partial charge on any atom is -0.0152 e. The molecule has 1 rings (SSSR count). The Hall–Kier alpha value is -0.260. The van der Waals surface area contributed by atoms with Crippen LogP contribution in [0.1, 0.15) is 27.2 Å². The molecule has 51 valence electrons. The predicted octanol–water partition coefficient (Wildman–Crippen LogP) is 2.81. The smallest absolute Gasteiger partial charge is 0.0152 e. The minimum atomic E-state index is 0.436. The zero-order chi connectivity index (χ0) is 7.07.